The van der Waals surface area contributed by atoms with Crippen LogP contribution in [0, 0.1) is 12.3 Å². The van der Waals surface area contributed by atoms with Gasteiger partial charge in [0.2, 0.25) is 0 Å². The lowest BCUT2D eigenvalue weighted by Crippen LogP contribution is -2.12. The minimum absolute atomic E-state index is 0.140. The predicted octanol–water partition coefficient (Wildman–Crippen LogP) is 2.17. The van der Waals surface area contributed by atoms with E-state index in [1.54, 1.807) is 0 Å². The van der Waals surface area contributed by atoms with Gasteiger partial charge in [-0.3, -0.25) is 4.79 Å². The standard InChI is InChI=1S/C13H12O2/c1-2-10-4-3-5-11(8-10)13(6-7-13)9-12(14)15/h1,3-5,8H,6-7,9H2,(H,14,15). The van der Waals surface area contributed by atoms with Crippen LogP contribution in [0.15, 0.2) is 24.3 Å². The minimum atomic E-state index is -0.737. The lowest BCUT2D eigenvalue weighted by atomic mass is 9.91. The van der Waals surface area contributed by atoms with Crippen molar-refractivity contribution < 1.29 is 9.90 Å². The molecular formula is C13H12O2. The van der Waals surface area contributed by atoms with Gasteiger partial charge in [-0.05, 0) is 30.5 Å². The third-order valence-electron chi connectivity index (χ3n) is 2.98. The summed E-state index contributed by atoms with van der Waals surface area (Å²) in [5, 5.41) is 8.84. The number of benzene rings is 1. The first kappa shape index (κ1) is 9.79. The van der Waals surface area contributed by atoms with Gasteiger partial charge in [-0.25, -0.2) is 0 Å². The minimum Gasteiger partial charge on any atom is -0.481 e. The Labute approximate surface area is 88.9 Å². The fraction of sp³-hybridized carbons (Fsp3) is 0.308. The van der Waals surface area contributed by atoms with Gasteiger partial charge in [0, 0.05) is 11.0 Å². The summed E-state index contributed by atoms with van der Waals surface area (Å²) in [5.41, 5.74) is 1.75. The molecular weight excluding hydrogens is 188 g/mol. The first-order chi connectivity index (χ1) is 7.16. The Morgan fingerprint density at radius 2 is 2.27 bits per heavy atom. The highest BCUT2D eigenvalue weighted by Gasteiger charge is 2.45. The highest BCUT2D eigenvalue weighted by molar-refractivity contribution is 5.70. The molecule has 0 radical (unpaired) electrons. The van der Waals surface area contributed by atoms with E-state index in [9.17, 15) is 4.79 Å². The number of carboxylic acid groups (broad SMARTS) is 1. The van der Waals surface area contributed by atoms with Crippen molar-refractivity contribution in [2.24, 2.45) is 0 Å². The quantitative estimate of drug-likeness (QED) is 0.759. The Balaban J connectivity index is 2.30. The number of aliphatic carboxylic acids is 1. The first-order valence-corrected chi connectivity index (χ1v) is 4.95. The van der Waals surface area contributed by atoms with Crippen molar-refractivity contribution in [2.75, 3.05) is 0 Å². The monoisotopic (exact) mass is 200 g/mol. The first-order valence-electron chi connectivity index (χ1n) is 4.95. The van der Waals surface area contributed by atoms with Crippen molar-refractivity contribution in [2.45, 2.75) is 24.7 Å². The molecule has 1 N–H and O–H groups in total. The van der Waals surface area contributed by atoms with E-state index in [0.717, 1.165) is 24.0 Å². The highest BCUT2D eigenvalue weighted by atomic mass is 16.4. The van der Waals surface area contributed by atoms with Gasteiger partial charge < -0.3 is 5.11 Å². The van der Waals surface area contributed by atoms with Crippen molar-refractivity contribution in [3.63, 3.8) is 0 Å². The maximum Gasteiger partial charge on any atom is 0.304 e. The van der Waals surface area contributed by atoms with E-state index in [4.69, 9.17) is 11.5 Å². The summed E-state index contributed by atoms with van der Waals surface area (Å²) in [6.45, 7) is 0. The van der Waals surface area contributed by atoms with Gasteiger partial charge in [0.1, 0.15) is 0 Å². The van der Waals surface area contributed by atoms with Crippen LogP contribution >= 0.6 is 0 Å². The van der Waals surface area contributed by atoms with E-state index in [0.29, 0.717) is 0 Å². The number of terminal acetylenes is 1. The molecule has 0 saturated heterocycles. The van der Waals surface area contributed by atoms with Crippen LogP contribution in [0.25, 0.3) is 0 Å². The lowest BCUT2D eigenvalue weighted by Gasteiger charge is -2.12. The van der Waals surface area contributed by atoms with Crippen LogP contribution in [0.3, 0.4) is 0 Å². The summed E-state index contributed by atoms with van der Waals surface area (Å²) in [4.78, 5) is 10.7. The molecule has 0 amide bonds. The van der Waals surface area contributed by atoms with Crippen LogP contribution in [0.1, 0.15) is 30.4 Å². The zero-order valence-corrected chi connectivity index (χ0v) is 8.36. The Morgan fingerprint density at radius 1 is 1.53 bits per heavy atom. The van der Waals surface area contributed by atoms with Crippen LogP contribution < -0.4 is 0 Å². The van der Waals surface area contributed by atoms with E-state index < -0.39 is 5.97 Å². The number of carboxylic acids is 1. The molecule has 0 unspecified atom stereocenters. The summed E-state index contributed by atoms with van der Waals surface area (Å²) in [5.74, 6) is 1.84. The smallest absolute Gasteiger partial charge is 0.304 e. The van der Waals surface area contributed by atoms with E-state index >= 15 is 0 Å². The van der Waals surface area contributed by atoms with Crippen molar-refractivity contribution in [1.82, 2.24) is 0 Å². The zero-order valence-electron chi connectivity index (χ0n) is 8.36. The second-order valence-electron chi connectivity index (χ2n) is 4.08. The molecule has 0 spiro atoms. The second kappa shape index (κ2) is 3.43. The lowest BCUT2D eigenvalue weighted by molar-refractivity contribution is -0.137. The Morgan fingerprint density at radius 3 is 2.80 bits per heavy atom. The Hall–Kier alpha value is -1.75. The average molecular weight is 200 g/mol. The van der Waals surface area contributed by atoms with Crippen LogP contribution in [-0.4, -0.2) is 11.1 Å². The van der Waals surface area contributed by atoms with E-state index in [-0.39, 0.29) is 11.8 Å². The van der Waals surface area contributed by atoms with Gasteiger partial charge in [-0.1, -0.05) is 18.1 Å². The maximum absolute atomic E-state index is 10.7. The molecule has 0 heterocycles. The molecule has 1 aliphatic carbocycles. The molecule has 0 bridgehead atoms. The summed E-state index contributed by atoms with van der Waals surface area (Å²) in [6.07, 6.45) is 7.43. The molecule has 2 rings (SSSR count). The highest BCUT2D eigenvalue weighted by Crippen LogP contribution is 2.51. The van der Waals surface area contributed by atoms with Crippen molar-refractivity contribution in [3.05, 3.63) is 35.4 Å². The molecule has 0 atom stereocenters. The van der Waals surface area contributed by atoms with Crippen LogP contribution in [0.4, 0.5) is 0 Å². The molecule has 0 aromatic heterocycles. The number of hydrogen-bond acceptors (Lipinski definition) is 1. The topological polar surface area (TPSA) is 37.3 Å². The molecule has 1 aliphatic rings. The van der Waals surface area contributed by atoms with Gasteiger partial charge in [0.25, 0.3) is 0 Å². The van der Waals surface area contributed by atoms with Gasteiger partial charge in [0.05, 0.1) is 6.42 Å². The summed E-state index contributed by atoms with van der Waals surface area (Å²) < 4.78 is 0. The normalized spacial score (nSPS) is 16.7. The molecule has 2 heteroatoms. The van der Waals surface area contributed by atoms with E-state index in [2.05, 4.69) is 5.92 Å². The SMILES string of the molecule is C#Cc1cccc(C2(CC(=O)O)CC2)c1. The van der Waals surface area contributed by atoms with Crippen molar-refractivity contribution in [1.29, 1.82) is 0 Å². The third-order valence-corrected chi connectivity index (χ3v) is 2.98. The molecule has 2 nitrogen and oxygen atoms in total. The van der Waals surface area contributed by atoms with Gasteiger partial charge >= 0.3 is 5.97 Å². The van der Waals surface area contributed by atoms with Gasteiger partial charge in [-0.2, -0.15) is 0 Å². The average Bonchev–Trinajstić information content (AvgIpc) is 2.98. The van der Waals surface area contributed by atoms with E-state index in [1.807, 2.05) is 24.3 Å². The molecule has 15 heavy (non-hydrogen) atoms. The Kier molecular flexibility index (Phi) is 2.24. The predicted molar refractivity (Wildman–Crippen MR) is 57.5 cm³/mol. The Bertz CT molecular complexity index is 436. The molecule has 1 aromatic carbocycles. The van der Waals surface area contributed by atoms with Gasteiger partial charge in [0.15, 0.2) is 0 Å². The second-order valence-corrected chi connectivity index (χ2v) is 4.08. The third kappa shape index (κ3) is 1.87. The molecule has 76 valence electrons. The number of hydrogen-bond donors (Lipinski definition) is 1. The van der Waals surface area contributed by atoms with E-state index in [1.165, 1.54) is 0 Å². The molecule has 0 aliphatic heterocycles. The fourth-order valence-electron chi connectivity index (χ4n) is 1.95. The zero-order chi connectivity index (χ0) is 10.9. The fourth-order valence-corrected chi connectivity index (χ4v) is 1.95. The van der Waals surface area contributed by atoms with Gasteiger partial charge in [-0.15, -0.1) is 6.42 Å². The van der Waals surface area contributed by atoms with Crippen LogP contribution in [0.2, 0.25) is 0 Å². The maximum atomic E-state index is 10.7. The van der Waals surface area contributed by atoms with Crippen LogP contribution in [-0.2, 0) is 10.2 Å². The largest absolute Gasteiger partial charge is 0.481 e. The summed E-state index contributed by atoms with van der Waals surface area (Å²) in [6, 6.07) is 7.65. The molecule has 1 aromatic rings. The summed E-state index contributed by atoms with van der Waals surface area (Å²) >= 11 is 0. The molecule has 1 fully saturated rings. The number of rotatable bonds is 3. The van der Waals surface area contributed by atoms with Crippen molar-refractivity contribution >= 4 is 5.97 Å². The van der Waals surface area contributed by atoms with Crippen LogP contribution in [0.5, 0.6) is 0 Å². The summed E-state index contributed by atoms with van der Waals surface area (Å²) in [7, 11) is 0. The molecule has 1 saturated carbocycles. The van der Waals surface area contributed by atoms with Crippen molar-refractivity contribution in [3.8, 4) is 12.3 Å². The number of carbonyl (C=O) groups is 1.